The molecule has 100 valence electrons. The summed E-state index contributed by atoms with van der Waals surface area (Å²) in [5.41, 5.74) is 3.68. The Morgan fingerprint density at radius 3 is 2.68 bits per heavy atom. The van der Waals surface area contributed by atoms with Crippen LogP contribution in [-0.4, -0.2) is 13.0 Å². The van der Waals surface area contributed by atoms with Crippen LogP contribution >= 0.6 is 0 Å². The average molecular weight is 258 g/mol. The minimum absolute atomic E-state index is 0.0738. The Labute approximate surface area is 112 Å². The minimum atomic E-state index is -0.0738. The molecule has 0 unspecified atom stereocenters. The van der Waals surface area contributed by atoms with Gasteiger partial charge in [0.2, 0.25) is 0 Å². The maximum Gasteiger partial charge on any atom is 0.251 e. The fourth-order valence-electron chi connectivity index (χ4n) is 1.97. The zero-order chi connectivity index (χ0) is 13.8. The monoisotopic (exact) mass is 258 g/mol. The first kappa shape index (κ1) is 13.2. The van der Waals surface area contributed by atoms with E-state index in [1.165, 1.54) is 0 Å². The lowest BCUT2D eigenvalue weighted by molar-refractivity contribution is 0.0962. The summed E-state index contributed by atoms with van der Waals surface area (Å²) in [5.74, 6) is 0.833. The molecule has 0 aliphatic rings. The predicted octanol–water partition coefficient (Wildman–Crippen LogP) is 2.87. The molecule has 0 aliphatic carbocycles. The van der Waals surface area contributed by atoms with Crippen molar-refractivity contribution in [2.45, 2.75) is 20.4 Å². The van der Waals surface area contributed by atoms with Crippen LogP contribution in [0.4, 0.5) is 5.69 Å². The lowest BCUT2D eigenvalue weighted by atomic mass is 10.1. The molecule has 1 amide bonds. The van der Waals surface area contributed by atoms with Crippen molar-refractivity contribution in [1.82, 2.24) is 5.32 Å². The molecule has 0 bridgehead atoms. The third-order valence-corrected chi connectivity index (χ3v) is 3.21. The molecule has 19 heavy (non-hydrogen) atoms. The SMILES string of the molecule is CNC(=O)c1cccc(NCc2occc2C)c1C. The van der Waals surface area contributed by atoms with Crippen molar-refractivity contribution >= 4 is 11.6 Å². The van der Waals surface area contributed by atoms with Crippen LogP contribution in [0.15, 0.2) is 34.9 Å². The highest BCUT2D eigenvalue weighted by Crippen LogP contribution is 2.20. The molecule has 1 heterocycles. The van der Waals surface area contributed by atoms with Gasteiger partial charge in [-0.15, -0.1) is 0 Å². The van der Waals surface area contributed by atoms with Gasteiger partial charge in [0.25, 0.3) is 5.91 Å². The Morgan fingerprint density at radius 1 is 1.26 bits per heavy atom. The average Bonchev–Trinajstić information content (AvgIpc) is 2.82. The molecule has 0 spiro atoms. The Bertz CT molecular complexity index is 588. The number of hydrogen-bond acceptors (Lipinski definition) is 3. The van der Waals surface area contributed by atoms with Crippen molar-refractivity contribution in [2.75, 3.05) is 12.4 Å². The van der Waals surface area contributed by atoms with Gasteiger partial charge in [0.15, 0.2) is 0 Å². The van der Waals surface area contributed by atoms with Gasteiger partial charge in [0, 0.05) is 18.3 Å². The molecule has 2 rings (SSSR count). The van der Waals surface area contributed by atoms with Gasteiger partial charge in [0.05, 0.1) is 12.8 Å². The van der Waals surface area contributed by atoms with Gasteiger partial charge >= 0.3 is 0 Å². The second-order valence-corrected chi connectivity index (χ2v) is 4.44. The molecule has 0 atom stereocenters. The van der Waals surface area contributed by atoms with Gasteiger partial charge < -0.3 is 15.1 Å². The van der Waals surface area contributed by atoms with Crippen LogP contribution in [0.3, 0.4) is 0 Å². The van der Waals surface area contributed by atoms with Crippen LogP contribution in [0.1, 0.15) is 27.2 Å². The van der Waals surface area contributed by atoms with Crippen LogP contribution in [-0.2, 0) is 6.54 Å². The number of amides is 1. The summed E-state index contributed by atoms with van der Waals surface area (Å²) >= 11 is 0. The fourth-order valence-corrected chi connectivity index (χ4v) is 1.97. The lowest BCUT2D eigenvalue weighted by Crippen LogP contribution is -2.19. The normalized spacial score (nSPS) is 10.3. The topological polar surface area (TPSA) is 54.3 Å². The van der Waals surface area contributed by atoms with Crippen LogP contribution < -0.4 is 10.6 Å². The van der Waals surface area contributed by atoms with Crippen LogP contribution in [0, 0.1) is 13.8 Å². The molecule has 0 saturated carbocycles. The Balaban J connectivity index is 2.17. The molecule has 0 aliphatic heterocycles. The molecule has 0 fully saturated rings. The number of benzene rings is 1. The molecular weight excluding hydrogens is 240 g/mol. The maximum absolute atomic E-state index is 11.7. The largest absolute Gasteiger partial charge is 0.467 e. The second kappa shape index (κ2) is 5.61. The van der Waals surface area contributed by atoms with Gasteiger partial charge in [0.1, 0.15) is 5.76 Å². The van der Waals surface area contributed by atoms with Crippen molar-refractivity contribution in [2.24, 2.45) is 0 Å². The van der Waals surface area contributed by atoms with Gasteiger partial charge in [-0.2, -0.15) is 0 Å². The quantitative estimate of drug-likeness (QED) is 0.886. The van der Waals surface area contributed by atoms with E-state index in [0.717, 1.165) is 22.6 Å². The molecular formula is C15H18N2O2. The van der Waals surface area contributed by atoms with E-state index >= 15 is 0 Å². The molecule has 1 aromatic carbocycles. The lowest BCUT2D eigenvalue weighted by Gasteiger charge is -2.12. The van der Waals surface area contributed by atoms with E-state index in [0.29, 0.717) is 12.1 Å². The summed E-state index contributed by atoms with van der Waals surface area (Å²) in [6.45, 7) is 4.55. The van der Waals surface area contributed by atoms with E-state index < -0.39 is 0 Å². The van der Waals surface area contributed by atoms with Crippen LogP contribution in [0.5, 0.6) is 0 Å². The summed E-state index contributed by atoms with van der Waals surface area (Å²) in [6.07, 6.45) is 1.68. The number of furan rings is 1. The van der Waals surface area contributed by atoms with Crippen molar-refractivity contribution in [3.8, 4) is 0 Å². The van der Waals surface area contributed by atoms with Crippen molar-refractivity contribution < 1.29 is 9.21 Å². The third-order valence-electron chi connectivity index (χ3n) is 3.21. The van der Waals surface area contributed by atoms with Crippen molar-refractivity contribution in [3.05, 3.63) is 53.0 Å². The summed E-state index contributed by atoms with van der Waals surface area (Å²) in [6, 6.07) is 7.58. The third kappa shape index (κ3) is 2.78. The van der Waals surface area contributed by atoms with Crippen LogP contribution in [0.2, 0.25) is 0 Å². The highest BCUT2D eigenvalue weighted by molar-refractivity contribution is 5.96. The summed E-state index contributed by atoms with van der Waals surface area (Å²) < 4.78 is 5.38. The fraction of sp³-hybridized carbons (Fsp3) is 0.267. The van der Waals surface area contributed by atoms with Gasteiger partial charge in [-0.1, -0.05) is 6.07 Å². The smallest absolute Gasteiger partial charge is 0.251 e. The van der Waals surface area contributed by atoms with Gasteiger partial charge in [-0.3, -0.25) is 4.79 Å². The highest BCUT2D eigenvalue weighted by atomic mass is 16.3. The summed E-state index contributed by atoms with van der Waals surface area (Å²) in [4.78, 5) is 11.7. The van der Waals surface area contributed by atoms with E-state index in [1.54, 1.807) is 13.3 Å². The van der Waals surface area contributed by atoms with E-state index in [2.05, 4.69) is 10.6 Å². The Morgan fingerprint density at radius 2 is 2.05 bits per heavy atom. The summed E-state index contributed by atoms with van der Waals surface area (Å²) in [5, 5.41) is 5.94. The first-order valence-electron chi connectivity index (χ1n) is 6.22. The molecule has 4 heteroatoms. The van der Waals surface area contributed by atoms with Gasteiger partial charge in [-0.05, 0) is 43.2 Å². The first-order chi connectivity index (χ1) is 9.13. The number of rotatable bonds is 4. The number of anilines is 1. The molecule has 2 N–H and O–H groups in total. The van der Waals surface area contributed by atoms with E-state index in [9.17, 15) is 4.79 Å². The van der Waals surface area contributed by atoms with E-state index in [4.69, 9.17) is 4.42 Å². The molecule has 2 aromatic rings. The maximum atomic E-state index is 11.7. The minimum Gasteiger partial charge on any atom is -0.467 e. The number of hydrogen-bond donors (Lipinski definition) is 2. The Kier molecular flexibility index (Phi) is 3.90. The Hall–Kier alpha value is -2.23. The van der Waals surface area contributed by atoms with Crippen LogP contribution in [0.25, 0.3) is 0 Å². The molecule has 1 aromatic heterocycles. The van der Waals surface area contributed by atoms with E-state index in [1.807, 2.05) is 38.1 Å². The zero-order valence-corrected chi connectivity index (χ0v) is 11.4. The number of aryl methyl sites for hydroxylation is 1. The first-order valence-corrected chi connectivity index (χ1v) is 6.22. The number of nitrogens with one attached hydrogen (secondary N) is 2. The number of carbonyl (C=O) groups is 1. The zero-order valence-electron chi connectivity index (χ0n) is 11.4. The molecule has 0 saturated heterocycles. The van der Waals surface area contributed by atoms with E-state index in [-0.39, 0.29) is 5.91 Å². The van der Waals surface area contributed by atoms with Crippen molar-refractivity contribution in [1.29, 1.82) is 0 Å². The van der Waals surface area contributed by atoms with Gasteiger partial charge in [-0.25, -0.2) is 0 Å². The molecule has 4 nitrogen and oxygen atoms in total. The second-order valence-electron chi connectivity index (χ2n) is 4.44. The number of carbonyl (C=O) groups excluding carboxylic acids is 1. The predicted molar refractivity (Wildman–Crippen MR) is 75.3 cm³/mol. The highest BCUT2D eigenvalue weighted by Gasteiger charge is 2.10. The summed E-state index contributed by atoms with van der Waals surface area (Å²) in [7, 11) is 1.63. The molecule has 0 radical (unpaired) electrons. The van der Waals surface area contributed by atoms with Crippen molar-refractivity contribution in [3.63, 3.8) is 0 Å². The standard InChI is InChI=1S/C15H18N2O2/c1-10-7-8-19-14(10)9-17-13-6-4-5-12(11(13)2)15(18)16-3/h4-8,17H,9H2,1-3H3,(H,16,18).